The lowest BCUT2D eigenvalue weighted by Gasteiger charge is -2.11. The number of nitrogens with one attached hydrogen (secondary N) is 1. The van der Waals surface area contributed by atoms with Crippen LogP contribution in [0.3, 0.4) is 0 Å². The van der Waals surface area contributed by atoms with Crippen LogP contribution in [0.5, 0.6) is 0 Å². The van der Waals surface area contributed by atoms with Gasteiger partial charge < -0.3 is 5.73 Å². The molecule has 0 fully saturated rings. The van der Waals surface area contributed by atoms with Crippen molar-refractivity contribution in [2.45, 2.75) is 30.8 Å². The number of benzene rings is 1. The number of carbonyl (C=O) groups excluding carboxylic acids is 1. The lowest BCUT2D eigenvalue weighted by Crippen LogP contribution is -2.29. The van der Waals surface area contributed by atoms with E-state index < -0.39 is 0 Å². The summed E-state index contributed by atoms with van der Waals surface area (Å²) < 4.78 is 1.88. The van der Waals surface area contributed by atoms with Gasteiger partial charge in [0.05, 0.1) is 0 Å². The van der Waals surface area contributed by atoms with Crippen molar-refractivity contribution in [2.75, 3.05) is 5.73 Å². The maximum absolute atomic E-state index is 11.5. The Morgan fingerprint density at radius 2 is 2.19 bits per heavy atom. The summed E-state index contributed by atoms with van der Waals surface area (Å²) in [5.74, 6) is 5.90. The van der Waals surface area contributed by atoms with Crippen molar-refractivity contribution >= 4 is 23.6 Å². The van der Waals surface area contributed by atoms with Crippen LogP contribution < -0.4 is 17.0 Å². The van der Waals surface area contributed by atoms with Gasteiger partial charge in [0.1, 0.15) is 0 Å². The van der Waals surface area contributed by atoms with Gasteiger partial charge in [0.15, 0.2) is 5.16 Å². The Morgan fingerprint density at radius 1 is 1.43 bits per heavy atom. The van der Waals surface area contributed by atoms with Crippen LogP contribution in [0.4, 0.5) is 5.95 Å². The summed E-state index contributed by atoms with van der Waals surface area (Å²) >= 11 is 1.52. The molecule has 8 heteroatoms. The maximum Gasteiger partial charge on any atom is 0.265 e. The van der Waals surface area contributed by atoms with E-state index in [1.165, 1.54) is 11.8 Å². The number of amides is 1. The number of rotatable bonds is 5. The first-order valence-corrected chi connectivity index (χ1v) is 7.44. The molecule has 5 N–H and O–H groups in total. The van der Waals surface area contributed by atoms with Crippen LogP contribution in [-0.4, -0.2) is 20.7 Å². The molecule has 1 heterocycles. The van der Waals surface area contributed by atoms with Gasteiger partial charge in [-0.05, 0) is 31.5 Å². The van der Waals surface area contributed by atoms with E-state index in [9.17, 15) is 4.79 Å². The molecule has 0 aliphatic rings. The standard InChI is InChI=1S/C13H18N6OS/c1-8(2)19-12(14)17-18-13(19)21-7-9-4-3-5-10(6-9)11(20)16-15/h3-6,8H,7,15H2,1-2H3,(H2,14,17)(H,16,20). The van der Waals surface area contributed by atoms with Crippen molar-refractivity contribution in [1.82, 2.24) is 20.2 Å². The number of hydrogen-bond acceptors (Lipinski definition) is 6. The Labute approximate surface area is 127 Å². The zero-order valence-electron chi connectivity index (χ0n) is 11.9. The van der Waals surface area contributed by atoms with Gasteiger partial charge >= 0.3 is 0 Å². The highest BCUT2D eigenvalue weighted by molar-refractivity contribution is 7.98. The summed E-state index contributed by atoms with van der Waals surface area (Å²) in [6.45, 7) is 4.05. The first-order chi connectivity index (χ1) is 10.0. The molecule has 0 aliphatic carbocycles. The summed E-state index contributed by atoms with van der Waals surface area (Å²) in [4.78, 5) is 11.5. The zero-order chi connectivity index (χ0) is 15.4. The average molecular weight is 306 g/mol. The molecule has 0 atom stereocenters. The largest absolute Gasteiger partial charge is 0.368 e. The fourth-order valence-electron chi connectivity index (χ4n) is 1.91. The predicted octanol–water partition coefficient (Wildman–Crippen LogP) is 1.34. The van der Waals surface area contributed by atoms with Gasteiger partial charge in [0.25, 0.3) is 5.91 Å². The van der Waals surface area contributed by atoms with Gasteiger partial charge in [-0.2, -0.15) is 0 Å². The number of thioether (sulfide) groups is 1. The fourth-order valence-corrected chi connectivity index (χ4v) is 2.92. The molecule has 0 radical (unpaired) electrons. The van der Waals surface area contributed by atoms with E-state index in [0.29, 0.717) is 17.3 Å². The second-order valence-electron chi connectivity index (χ2n) is 4.77. The average Bonchev–Trinajstić information content (AvgIpc) is 2.85. The third-order valence-electron chi connectivity index (χ3n) is 2.90. The molecule has 1 aromatic carbocycles. The molecular formula is C13H18N6OS. The fraction of sp³-hybridized carbons (Fsp3) is 0.308. The minimum Gasteiger partial charge on any atom is -0.368 e. The third-order valence-corrected chi connectivity index (χ3v) is 3.91. The number of nitrogens with zero attached hydrogens (tertiary/aromatic N) is 3. The van der Waals surface area contributed by atoms with Crippen LogP contribution in [0, 0.1) is 0 Å². The van der Waals surface area contributed by atoms with E-state index in [1.807, 2.05) is 30.5 Å². The van der Waals surface area contributed by atoms with E-state index >= 15 is 0 Å². The van der Waals surface area contributed by atoms with Gasteiger partial charge in [0, 0.05) is 17.4 Å². The Balaban J connectivity index is 2.12. The molecule has 0 saturated heterocycles. The van der Waals surface area contributed by atoms with Crippen LogP contribution in [0.1, 0.15) is 35.8 Å². The number of hydrazine groups is 1. The van der Waals surface area contributed by atoms with Crippen LogP contribution >= 0.6 is 11.8 Å². The normalized spacial score (nSPS) is 10.9. The minimum atomic E-state index is -0.309. The summed E-state index contributed by atoms with van der Waals surface area (Å²) in [7, 11) is 0. The minimum absolute atomic E-state index is 0.192. The van der Waals surface area contributed by atoms with Gasteiger partial charge in [-0.15, -0.1) is 10.2 Å². The second-order valence-corrected chi connectivity index (χ2v) is 5.71. The monoisotopic (exact) mass is 306 g/mol. The number of hydrogen-bond donors (Lipinski definition) is 3. The molecule has 1 aromatic heterocycles. The number of anilines is 1. The summed E-state index contributed by atoms with van der Waals surface area (Å²) in [5.41, 5.74) is 9.45. The number of carbonyl (C=O) groups is 1. The van der Waals surface area contributed by atoms with E-state index in [1.54, 1.807) is 12.1 Å². The Morgan fingerprint density at radius 3 is 2.86 bits per heavy atom. The van der Waals surface area contributed by atoms with Gasteiger partial charge in [-0.3, -0.25) is 14.8 Å². The highest BCUT2D eigenvalue weighted by Crippen LogP contribution is 2.25. The molecule has 0 unspecified atom stereocenters. The van der Waals surface area contributed by atoms with Crippen molar-refractivity contribution in [2.24, 2.45) is 5.84 Å². The van der Waals surface area contributed by atoms with Crippen molar-refractivity contribution in [3.63, 3.8) is 0 Å². The van der Waals surface area contributed by atoms with Crippen LogP contribution in [0.15, 0.2) is 29.4 Å². The van der Waals surface area contributed by atoms with E-state index in [2.05, 4.69) is 15.6 Å². The van der Waals surface area contributed by atoms with E-state index in [4.69, 9.17) is 11.6 Å². The molecule has 0 saturated carbocycles. The highest BCUT2D eigenvalue weighted by Gasteiger charge is 2.13. The third kappa shape index (κ3) is 3.53. The summed E-state index contributed by atoms with van der Waals surface area (Å²) in [6.07, 6.45) is 0. The Hall–Kier alpha value is -2.06. The van der Waals surface area contributed by atoms with Crippen LogP contribution in [0.2, 0.25) is 0 Å². The molecule has 2 rings (SSSR count). The van der Waals surface area contributed by atoms with Crippen molar-refractivity contribution in [1.29, 1.82) is 0 Å². The molecule has 0 spiro atoms. The Kier molecular flexibility index (Phi) is 4.81. The topological polar surface area (TPSA) is 112 Å². The van der Waals surface area contributed by atoms with Crippen LogP contribution in [-0.2, 0) is 5.75 Å². The van der Waals surface area contributed by atoms with Crippen molar-refractivity contribution < 1.29 is 4.79 Å². The van der Waals surface area contributed by atoms with E-state index in [-0.39, 0.29) is 11.9 Å². The van der Waals surface area contributed by atoms with Crippen molar-refractivity contribution in [3.05, 3.63) is 35.4 Å². The quantitative estimate of drug-likeness (QED) is 0.332. The highest BCUT2D eigenvalue weighted by atomic mass is 32.2. The summed E-state index contributed by atoms with van der Waals surface area (Å²) in [5, 5.41) is 8.74. The molecular weight excluding hydrogens is 288 g/mol. The number of aromatic nitrogens is 3. The van der Waals surface area contributed by atoms with Gasteiger partial charge in [-0.1, -0.05) is 23.9 Å². The summed E-state index contributed by atoms with van der Waals surface area (Å²) in [6, 6.07) is 7.47. The lowest BCUT2D eigenvalue weighted by atomic mass is 10.1. The maximum atomic E-state index is 11.5. The molecule has 2 aromatic rings. The zero-order valence-corrected chi connectivity index (χ0v) is 12.7. The Bertz CT molecular complexity index is 639. The van der Waals surface area contributed by atoms with E-state index in [0.717, 1.165) is 10.7 Å². The molecule has 21 heavy (non-hydrogen) atoms. The first kappa shape index (κ1) is 15.3. The molecule has 7 nitrogen and oxygen atoms in total. The SMILES string of the molecule is CC(C)n1c(N)nnc1SCc1cccc(C(=O)NN)c1. The number of nitrogen functional groups attached to an aromatic ring is 2. The molecule has 1 amide bonds. The second kappa shape index (κ2) is 6.59. The molecule has 112 valence electrons. The molecule has 0 bridgehead atoms. The van der Waals surface area contributed by atoms with Crippen molar-refractivity contribution in [3.8, 4) is 0 Å². The lowest BCUT2D eigenvalue weighted by molar-refractivity contribution is 0.0953. The van der Waals surface area contributed by atoms with Crippen LogP contribution in [0.25, 0.3) is 0 Å². The molecule has 0 aliphatic heterocycles. The number of nitrogens with two attached hydrogens (primary N) is 2. The smallest absolute Gasteiger partial charge is 0.265 e. The van der Waals surface area contributed by atoms with Gasteiger partial charge in [0.2, 0.25) is 5.95 Å². The van der Waals surface area contributed by atoms with Gasteiger partial charge in [-0.25, -0.2) is 5.84 Å². The predicted molar refractivity (Wildman–Crippen MR) is 82.5 cm³/mol. The first-order valence-electron chi connectivity index (χ1n) is 6.46.